The molecule has 6 heteroatoms. The average Bonchev–Trinajstić information content (AvgIpc) is 2.65. The molecule has 0 aliphatic heterocycles. The summed E-state index contributed by atoms with van der Waals surface area (Å²) in [7, 11) is 0. The van der Waals surface area contributed by atoms with Crippen molar-refractivity contribution in [1.82, 2.24) is 4.98 Å². The van der Waals surface area contributed by atoms with Crippen molar-refractivity contribution in [3.8, 4) is 0 Å². The van der Waals surface area contributed by atoms with Crippen LogP contribution < -0.4 is 0 Å². The first-order valence-corrected chi connectivity index (χ1v) is 6.69. The Kier molecular flexibility index (Phi) is 5.94. The van der Waals surface area contributed by atoms with E-state index in [0.29, 0.717) is 25.9 Å². The van der Waals surface area contributed by atoms with Gasteiger partial charge in [-0.25, -0.2) is 4.98 Å². The minimum atomic E-state index is -0.543. The quantitative estimate of drug-likeness (QED) is 0.821. The molecule has 0 bridgehead atoms. The Morgan fingerprint density at radius 1 is 1.75 bits per heavy atom. The van der Waals surface area contributed by atoms with Crippen LogP contribution in [-0.2, 0) is 9.53 Å². The fourth-order valence-corrected chi connectivity index (χ4v) is 2.56. The number of hydrogen-bond acceptors (Lipinski definition) is 5. The molecular formula is C10H14BrNO3S. The third kappa shape index (κ3) is 4.59. The van der Waals surface area contributed by atoms with E-state index in [1.54, 1.807) is 13.1 Å². The van der Waals surface area contributed by atoms with Gasteiger partial charge in [0.05, 0.1) is 17.6 Å². The van der Waals surface area contributed by atoms with Gasteiger partial charge < -0.3 is 9.84 Å². The monoisotopic (exact) mass is 307 g/mol. The molecule has 0 amide bonds. The summed E-state index contributed by atoms with van der Waals surface area (Å²) in [6.45, 7) is 2.19. The summed E-state index contributed by atoms with van der Waals surface area (Å²) >= 11 is 4.64. The first-order valence-electron chi connectivity index (χ1n) is 5.08. The van der Waals surface area contributed by atoms with Gasteiger partial charge in [0.2, 0.25) is 0 Å². The van der Waals surface area contributed by atoms with Crippen molar-refractivity contribution < 1.29 is 14.6 Å². The van der Waals surface area contributed by atoms with Gasteiger partial charge in [0.25, 0.3) is 0 Å². The second-order valence-electron chi connectivity index (χ2n) is 3.23. The molecule has 0 aliphatic rings. The fourth-order valence-electron chi connectivity index (χ4n) is 1.23. The topological polar surface area (TPSA) is 59.4 Å². The molecule has 0 radical (unpaired) electrons. The molecule has 4 nitrogen and oxygen atoms in total. The van der Waals surface area contributed by atoms with Crippen molar-refractivity contribution in [2.24, 2.45) is 0 Å². The van der Waals surface area contributed by atoms with Crippen LogP contribution in [-0.4, -0.2) is 22.7 Å². The summed E-state index contributed by atoms with van der Waals surface area (Å²) in [5.41, 5.74) is 0. The van der Waals surface area contributed by atoms with Crippen LogP contribution in [0.2, 0.25) is 0 Å². The molecule has 0 saturated heterocycles. The lowest BCUT2D eigenvalue weighted by Crippen LogP contribution is -2.04. The molecule has 0 saturated carbocycles. The van der Waals surface area contributed by atoms with E-state index in [1.165, 1.54) is 11.3 Å². The highest BCUT2D eigenvalue weighted by Gasteiger charge is 2.12. The number of carbonyl (C=O) groups excluding carboxylic acids is 1. The van der Waals surface area contributed by atoms with Crippen LogP contribution in [0.15, 0.2) is 10.1 Å². The largest absolute Gasteiger partial charge is 0.466 e. The zero-order valence-electron chi connectivity index (χ0n) is 8.98. The number of hydrogen-bond donors (Lipinski definition) is 1. The van der Waals surface area contributed by atoms with Crippen LogP contribution in [0.5, 0.6) is 0 Å². The third-order valence-electron chi connectivity index (χ3n) is 1.99. The number of thiazole rings is 1. The lowest BCUT2D eigenvalue weighted by Gasteiger charge is -2.07. The first-order chi connectivity index (χ1) is 7.63. The van der Waals surface area contributed by atoms with Gasteiger partial charge in [0.1, 0.15) is 0 Å². The zero-order chi connectivity index (χ0) is 12.0. The van der Waals surface area contributed by atoms with E-state index in [2.05, 4.69) is 20.9 Å². The van der Waals surface area contributed by atoms with Crippen molar-refractivity contribution in [1.29, 1.82) is 0 Å². The second kappa shape index (κ2) is 6.98. The Labute approximate surface area is 107 Å². The normalized spacial score (nSPS) is 12.4. The highest BCUT2D eigenvalue weighted by molar-refractivity contribution is 9.11. The van der Waals surface area contributed by atoms with Crippen LogP contribution in [0.25, 0.3) is 0 Å². The van der Waals surface area contributed by atoms with Gasteiger partial charge in [-0.05, 0) is 35.7 Å². The minimum absolute atomic E-state index is 0.208. The van der Waals surface area contributed by atoms with Crippen molar-refractivity contribution in [3.63, 3.8) is 0 Å². The lowest BCUT2D eigenvalue weighted by molar-refractivity contribution is -0.143. The number of aromatic nitrogens is 1. The molecule has 90 valence electrons. The summed E-state index contributed by atoms with van der Waals surface area (Å²) in [4.78, 5) is 15.9. The predicted octanol–water partition coefficient (Wildman–Crippen LogP) is 2.67. The van der Waals surface area contributed by atoms with Gasteiger partial charge in [0, 0.05) is 12.6 Å². The van der Waals surface area contributed by atoms with Gasteiger partial charge in [0.15, 0.2) is 3.92 Å². The number of ether oxygens (including phenoxy) is 1. The van der Waals surface area contributed by atoms with Crippen LogP contribution in [0.3, 0.4) is 0 Å². The molecule has 1 heterocycles. The molecule has 1 unspecified atom stereocenters. The molecule has 0 fully saturated rings. The molecule has 0 aromatic carbocycles. The average molecular weight is 308 g/mol. The van der Waals surface area contributed by atoms with Crippen molar-refractivity contribution >= 4 is 33.2 Å². The van der Waals surface area contributed by atoms with Crippen LogP contribution in [0.1, 0.15) is 37.2 Å². The molecule has 1 aromatic rings. The summed E-state index contributed by atoms with van der Waals surface area (Å²) in [5, 5.41) is 9.77. The molecular weight excluding hydrogens is 294 g/mol. The molecule has 0 aliphatic carbocycles. The van der Waals surface area contributed by atoms with E-state index in [-0.39, 0.29) is 5.97 Å². The van der Waals surface area contributed by atoms with E-state index in [4.69, 9.17) is 4.74 Å². The van der Waals surface area contributed by atoms with E-state index in [0.717, 1.165) is 8.79 Å². The van der Waals surface area contributed by atoms with Gasteiger partial charge in [-0.1, -0.05) is 0 Å². The molecule has 1 atom stereocenters. The van der Waals surface area contributed by atoms with Crippen molar-refractivity contribution in [2.45, 2.75) is 32.3 Å². The molecule has 16 heavy (non-hydrogen) atoms. The van der Waals surface area contributed by atoms with Gasteiger partial charge >= 0.3 is 5.97 Å². The number of carbonyl (C=O) groups is 1. The Balaban J connectivity index is 2.25. The second-order valence-corrected chi connectivity index (χ2v) is 5.57. The summed E-state index contributed by atoms with van der Waals surface area (Å²) in [5.74, 6) is -0.208. The fraction of sp³-hybridized carbons (Fsp3) is 0.600. The molecule has 1 rings (SSSR count). The number of esters is 1. The Morgan fingerprint density at radius 2 is 2.50 bits per heavy atom. The van der Waals surface area contributed by atoms with E-state index >= 15 is 0 Å². The SMILES string of the molecule is CCOC(=O)CCCC(O)c1cnc(Br)s1. The maximum Gasteiger partial charge on any atom is 0.305 e. The number of aliphatic hydroxyl groups is 1. The zero-order valence-corrected chi connectivity index (χ0v) is 11.4. The molecule has 1 N–H and O–H groups in total. The van der Waals surface area contributed by atoms with Gasteiger partial charge in [-0.15, -0.1) is 11.3 Å². The highest BCUT2D eigenvalue weighted by Crippen LogP contribution is 2.27. The predicted molar refractivity (Wildman–Crippen MR) is 65.3 cm³/mol. The van der Waals surface area contributed by atoms with Gasteiger partial charge in [-0.2, -0.15) is 0 Å². The third-order valence-corrected chi connectivity index (χ3v) is 3.56. The van der Waals surface area contributed by atoms with Crippen LogP contribution >= 0.6 is 27.3 Å². The molecule has 0 spiro atoms. The summed E-state index contributed by atoms with van der Waals surface area (Å²) in [6, 6.07) is 0. The minimum Gasteiger partial charge on any atom is -0.466 e. The van der Waals surface area contributed by atoms with Crippen molar-refractivity contribution in [2.75, 3.05) is 6.61 Å². The maximum atomic E-state index is 11.0. The lowest BCUT2D eigenvalue weighted by atomic mass is 10.1. The van der Waals surface area contributed by atoms with Crippen molar-refractivity contribution in [3.05, 3.63) is 15.0 Å². The van der Waals surface area contributed by atoms with Crippen LogP contribution in [0, 0.1) is 0 Å². The smallest absolute Gasteiger partial charge is 0.305 e. The number of aliphatic hydroxyl groups excluding tert-OH is 1. The van der Waals surface area contributed by atoms with Gasteiger partial charge in [-0.3, -0.25) is 4.79 Å². The Morgan fingerprint density at radius 3 is 3.06 bits per heavy atom. The van der Waals surface area contributed by atoms with E-state index < -0.39 is 6.10 Å². The highest BCUT2D eigenvalue weighted by atomic mass is 79.9. The van der Waals surface area contributed by atoms with E-state index in [1.807, 2.05) is 0 Å². The standard InChI is InChI=1S/C10H14BrNO3S/c1-2-15-9(14)5-3-4-7(13)8-6-12-10(11)16-8/h6-7,13H,2-5H2,1H3. The molecule has 1 aromatic heterocycles. The van der Waals surface area contributed by atoms with Crippen LogP contribution in [0.4, 0.5) is 0 Å². The Bertz CT molecular complexity index is 343. The Hall–Kier alpha value is -0.460. The van der Waals surface area contributed by atoms with E-state index in [9.17, 15) is 9.90 Å². The first kappa shape index (κ1) is 13.6. The number of halogens is 1. The number of rotatable bonds is 6. The number of nitrogens with zero attached hydrogens (tertiary/aromatic N) is 1. The summed E-state index contributed by atoms with van der Waals surface area (Å²) in [6.07, 6.45) is 2.62. The maximum absolute atomic E-state index is 11.0. The summed E-state index contributed by atoms with van der Waals surface area (Å²) < 4.78 is 5.55.